The number of nitrogens with one attached hydrogen (secondary N) is 2. The van der Waals surface area contributed by atoms with Crippen LogP contribution >= 0.6 is 23.2 Å². The van der Waals surface area contributed by atoms with Crippen LogP contribution in [-0.2, 0) is 0 Å². The maximum atomic E-state index is 13.1. The summed E-state index contributed by atoms with van der Waals surface area (Å²) in [5.74, 6) is 0.0967. The second-order valence-electron chi connectivity index (χ2n) is 10.8. The highest BCUT2D eigenvalue weighted by Gasteiger charge is 2.33. The van der Waals surface area contributed by atoms with E-state index in [9.17, 15) is 14.7 Å². The van der Waals surface area contributed by atoms with E-state index in [1.807, 2.05) is 32.9 Å². The molecule has 4 aromatic rings. The predicted molar refractivity (Wildman–Crippen MR) is 181 cm³/mol. The first-order valence-electron chi connectivity index (χ1n) is 14.8. The van der Waals surface area contributed by atoms with Crippen LogP contribution in [0.2, 0.25) is 10.0 Å². The highest BCUT2D eigenvalue weighted by Crippen LogP contribution is 2.40. The number of rotatable bonds is 12. The second-order valence-corrected chi connectivity index (χ2v) is 11.6. The zero-order chi connectivity index (χ0) is 32.7. The summed E-state index contributed by atoms with van der Waals surface area (Å²) in [5, 5.41) is 17.5. The Morgan fingerprint density at radius 2 is 1.67 bits per heavy atom. The molecule has 236 valence electrons. The molecule has 0 saturated carbocycles. The summed E-state index contributed by atoms with van der Waals surface area (Å²) in [7, 11) is 0. The molecule has 4 rings (SSSR count). The molecule has 0 aliphatic rings. The molecule has 1 atom stereocenters. The Balaban J connectivity index is 1.68. The number of aryl methyl sites for hydroxylation is 3. The zero-order valence-corrected chi connectivity index (χ0v) is 27.6. The summed E-state index contributed by atoms with van der Waals surface area (Å²) in [6.07, 6.45) is 0.249. The van der Waals surface area contributed by atoms with Crippen molar-refractivity contribution in [1.29, 1.82) is 0 Å². The van der Waals surface area contributed by atoms with E-state index in [-0.39, 0.29) is 17.7 Å². The molecule has 2 amide bonds. The van der Waals surface area contributed by atoms with Gasteiger partial charge >= 0.3 is 6.09 Å². The molecule has 3 N–H and O–H groups in total. The van der Waals surface area contributed by atoms with Gasteiger partial charge < -0.3 is 20.6 Å². The number of carbonyl (C=O) groups is 2. The van der Waals surface area contributed by atoms with E-state index in [4.69, 9.17) is 23.2 Å². The number of amides is 2. The number of anilines is 3. The van der Waals surface area contributed by atoms with Gasteiger partial charge in [-0.3, -0.25) is 4.79 Å². The third-order valence-electron chi connectivity index (χ3n) is 7.61. The largest absolute Gasteiger partial charge is 0.465 e. The fraction of sp³-hybridized carbons (Fsp3) is 0.294. The summed E-state index contributed by atoms with van der Waals surface area (Å²) >= 11 is 13.1. The standard InChI is InChI=1S/C34H38Cl2N6O3/c1-6-41(7-2)16-15-37-32(43)24-9-8-10-26(19-24)39-33-38-14-13-29(40-33)42(34(44)45)31(27-20-25(35)11-12-28(27)36)30-22(4)17-21(3)18-23(30)5/h8-14,17-20,31H,6-7,15-16H2,1-5H3,(H,37,43)(H,44,45)(H,38,39,40). The van der Waals surface area contributed by atoms with Gasteiger partial charge in [-0.2, -0.15) is 4.98 Å². The Labute approximate surface area is 274 Å². The van der Waals surface area contributed by atoms with Crippen LogP contribution in [0.25, 0.3) is 0 Å². The van der Waals surface area contributed by atoms with Crippen molar-refractivity contribution in [2.24, 2.45) is 0 Å². The molecule has 0 saturated heterocycles. The molecule has 3 aromatic carbocycles. The van der Waals surface area contributed by atoms with Gasteiger partial charge in [-0.25, -0.2) is 14.7 Å². The van der Waals surface area contributed by atoms with Gasteiger partial charge in [0.15, 0.2) is 0 Å². The third kappa shape index (κ3) is 8.30. The SMILES string of the molecule is CCN(CC)CCNC(=O)c1cccc(Nc2nccc(N(C(=O)O)C(c3cc(Cl)ccc3Cl)c3c(C)cc(C)cc3C)n2)c1. The molecule has 1 heterocycles. The molecular weight excluding hydrogens is 611 g/mol. The van der Waals surface area contributed by atoms with E-state index in [1.165, 1.54) is 17.2 Å². The minimum Gasteiger partial charge on any atom is -0.465 e. The highest BCUT2D eigenvalue weighted by atomic mass is 35.5. The van der Waals surface area contributed by atoms with Crippen molar-refractivity contribution in [2.75, 3.05) is 36.4 Å². The third-order valence-corrected chi connectivity index (χ3v) is 8.18. The number of aromatic nitrogens is 2. The summed E-state index contributed by atoms with van der Waals surface area (Å²) in [6, 6.07) is 16.7. The van der Waals surface area contributed by atoms with E-state index in [0.29, 0.717) is 33.4 Å². The summed E-state index contributed by atoms with van der Waals surface area (Å²) in [6.45, 7) is 13.2. The molecule has 9 nitrogen and oxygen atoms in total. The maximum Gasteiger partial charge on any atom is 0.413 e. The highest BCUT2D eigenvalue weighted by molar-refractivity contribution is 6.33. The van der Waals surface area contributed by atoms with Crippen LogP contribution in [0, 0.1) is 20.8 Å². The van der Waals surface area contributed by atoms with E-state index in [1.54, 1.807) is 42.5 Å². The lowest BCUT2D eigenvalue weighted by atomic mass is 9.89. The number of halogens is 2. The molecule has 0 radical (unpaired) electrons. The fourth-order valence-corrected chi connectivity index (χ4v) is 5.89. The van der Waals surface area contributed by atoms with Gasteiger partial charge in [0.05, 0.1) is 6.04 Å². The first-order valence-corrected chi connectivity index (χ1v) is 15.5. The lowest BCUT2D eigenvalue weighted by molar-refractivity contribution is 0.0949. The zero-order valence-electron chi connectivity index (χ0n) is 26.1. The van der Waals surface area contributed by atoms with Crippen LogP contribution in [0.1, 0.15) is 58.1 Å². The molecule has 0 bridgehead atoms. The van der Waals surface area contributed by atoms with Gasteiger partial charge in [0.2, 0.25) is 5.95 Å². The van der Waals surface area contributed by atoms with Crippen molar-refractivity contribution in [3.8, 4) is 0 Å². The van der Waals surface area contributed by atoms with Crippen LogP contribution in [0.5, 0.6) is 0 Å². The monoisotopic (exact) mass is 648 g/mol. The van der Waals surface area contributed by atoms with Crippen LogP contribution in [0.3, 0.4) is 0 Å². The van der Waals surface area contributed by atoms with Gasteiger partial charge in [0.1, 0.15) is 5.82 Å². The van der Waals surface area contributed by atoms with Crippen molar-refractivity contribution in [2.45, 2.75) is 40.7 Å². The molecule has 1 unspecified atom stereocenters. The fourth-order valence-electron chi connectivity index (χ4n) is 5.49. The van der Waals surface area contributed by atoms with Crippen molar-refractivity contribution >= 4 is 52.7 Å². The Morgan fingerprint density at radius 1 is 0.956 bits per heavy atom. The molecule has 45 heavy (non-hydrogen) atoms. The van der Waals surface area contributed by atoms with Crippen LogP contribution in [-0.4, -0.2) is 58.2 Å². The van der Waals surface area contributed by atoms with E-state index < -0.39 is 12.1 Å². The van der Waals surface area contributed by atoms with Crippen molar-refractivity contribution < 1.29 is 14.7 Å². The van der Waals surface area contributed by atoms with Crippen molar-refractivity contribution in [3.63, 3.8) is 0 Å². The lowest BCUT2D eigenvalue weighted by Gasteiger charge is -2.32. The predicted octanol–water partition coefficient (Wildman–Crippen LogP) is 7.80. The van der Waals surface area contributed by atoms with Crippen LogP contribution < -0.4 is 15.5 Å². The minimum absolute atomic E-state index is 0.130. The van der Waals surface area contributed by atoms with E-state index in [2.05, 4.69) is 39.3 Å². The van der Waals surface area contributed by atoms with Crippen LogP contribution in [0.15, 0.2) is 66.9 Å². The summed E-state index contributed by atoms with van der Waals surface area (Å²) < 4.78 is 0. The van der Waals surface area contributed by atoms with Gasteiger partial charge in [0, 0.05) is 40.6 Å². The average molecular weight is 650 g/mol. The maximum absolute atomic E-state index is 13.1. The summed E-state index contributed by atoms with van der Waals surface area (Å²) in [5.41, 5.74) is 5.21. The molecular formula is C34H38Cl2N6O3. The molecule has 1 aromatic heterocycles. The number of hydrogen-bond acceptors (Lipinski definition) is 6. The Morgan fingerprint density at radius 3 is 2.33 bits per heavy atom. The van der Waals surface area contributed by atoms with Gasteiger partial charge in [-0.05, 0) is 98.6 Å². The average Bonchev–Trinajstić information content (AvgIpc) is 2.99. The lowest BCUT2D eigenvalue weighted by Crippen LogP contribution is -2.36. The normalized spacial score (nSPS) is 11.7. The molecule has 0 aliphatic carbocycles. The molecule has 0 fully saturated rings. The number of benzene rings is 3. The quantitative estimate of drug-likeness (QED) is 0.144. The number of nitrogens with zero attached hydrogens (tertiary/aromatic N) is 4. The topological polar surface area (TPSA) is 111 Å². The Hall–Kier alpha value is -4.18. The first-order chi connectivity index (χ1) is 21.5. The van der Waals surface area contributed by atoms with Crippen molar-refractivity contribution in [1.82, 2.24) is 20.2 Å². The minimum atomic E-state index is -1.23. The number of hydrogen-bond donors (Lipinski definition) is 3. The Bertz CT molecular complexity index is 1650. The van der Waals surface area contributed by atoms with Gasteiger partial charge in [-0.1, -0.05) is 60.8 Å². The van der Waals surface area contributed by atoms with Crippen LogP contribution in [0.4, 0.5) is 22.2 Å². The second kappa shape index (κ2) is 15.2. The number of likely N-dealkylation sites (N-methyl/N-ethyl adjacent to an activating group) is 1. The smallest absolute Gasteiger partial charge is 0.413 e. The number of carbonyl (C=O) groups excluding carboxylic acids is 1. The van der Waals surface area contributed by atoms with E-state index in [0.717, 1.165) is 41.9 Å². The Kier molecular flexibility index (Phi) is 11.4. The van der Waals surface area contributed by atoms with Crippen molar-refractivity contribution in [3.05, 3.63) is 110 Å². The molecule has 0 aliphatic heterocycles. The van der Waals surface area contributed by atoms with E-state index >= 15 is 0 Å². The first kappa shape index (κ1) is 33.7. The van der Waals surface area contributed by atoms with Gasteiger partial charge in [-0.15, -0.1) is 0 Å². The molecule has 11 heteroatoms. The summed E-state index contributed by atoms with van der Waals surface area (Å²) in [4.78, 5) is 38.2. The van der Waals surface area contributed by atoms with Gasteiger partial charge in [0.25, 0.3) is 5.91 Å². The number of carboxylic acid groups (broad SMARTS) is 1. The molecule has 0 spiro atoms.